The second kappa shape index (κ2) is 26.1. The summed E-state index contributed by atoms with van der Waals surface area (Å²) in [5.74, 6) is -2.74. The molecule has 16 nitrogen and oxygen atoms in total. The van der Waals surface area contributed by atoms with Gasteiger partial charge in [0, 0.05) is 39.8 Å². The van der Waals surface area contributed by atoms with Crippen LogP contribution in [0.3, 0.4) is 0 Å². The molecule has 0 saturated carbocycles. The smallest absolute Gasteiger partial charge is 0.258 e. The van der Waals surface area contributed by atoms with Crippen LogP contribution in [-0.2, 0) is 25.6 Å². The van der Waals surface area contributed by atoms with Crippen LogP contribution in [0.5, 0.6) is 11.5 Å². The van der Waals surface area contributed by atoms with Crippen LogP contribution in [0.2, 0.25) is 10.0 Å². The molecule has 4 amide bonds. The number of rotatable bonds is 22. The topological polar surface area (TPSA) is 218 Å². The Morgan fingerprint density at radius 2 is 1.00 bits per heavy atom. The van der Waals surface area contributed by atoms with Gasteiger partial charge >= 0.3 is 0 Å². The summed E-state index contributed by atoms with van der Waals surface area (Å²) in [5, 5.41) is 26.4. The summed E-state index contributed by atoms with van der Waals surface area (Å²) in [4.78, 5) is 79.3. The highest BCUT2D eigenvalue weighted by molar-refractivity contribution is 6.33. The first kappa shape index (κ1) is 55.5. The Morgan fingerprint density at radius 1 is 0.563 bits per heavy atom. The molecule has 372 valence electrons. The first-order chi connectivity index (χ1) is 33.8. The van der Waals surface area contributed by atoms with Crippen molar-refractivity contribution in [1.82, 2.24) is 0 Å². The minimum absolute atomic E-state index is 0.0126. The fraction of sp³-hybridized carbons (Fsp3) is 0.280. The van der Waals surface area contributed by atoms with E-state index in [2.05, 4.69) is 41.7 Å². The fourth-order valence-corrected chi connectivity index (χ4v) is 7.60. The number of ether oxygens (including phenoxy) is 2. The molecule has 0 radical (unpaired) electrons. The number of halogens is 5. The molecule has 5 aromatic carbocycles. The molecule has 0 saturated heterocycles. The molecule has 21 heteroatoms. The third-order valence-electron chi connectivity index (χ3n) is 10.3. The van der Waals surface area contributed by atoms with E-state index in [-0.39, 0.29) is 56.2 Å². The maximum atomic E-state index is 13.6. The van der Waals surface area contributed by atoms with Gasteiger partial charge < -0.3 is 30.7 Å². The number of carbonyl (C=O) groups excluding carboxylic acids is 6. The van der Waals surface area contributed by atoms with Crippen LogP contribution in [0.1, 0.15) is 89.7 Å². The molecule has 5 rings (SSSR count). The normalized spacial score (nSPS) is 12.9. The molecule has 0 heterocycles. The second-order valence-corrected chi connectivity index (χ2v) is 18.1. The molecular weight excluding hydrogens is 1020 g/mol. The lowest BCUT2D eigenvalue weighted by molar-refractivity contribution is -0.127. The van der Waals surface area contributed by atoms with Gasteiger partial charge in [0.15, 0.2) is 11.6 Å². The van der Waals surface area contributed by atoms with Gasteiger partial charge in [-0.2, -0.15) is 20.5 Å². The third-order valence-corrected chi connectivity index (χ3v) is 11.6. The van der Waals surface area contributed by atoms with Gasteiger partial charge in [0.25, 0.3) is 23.6 Å². The van der Waals surface area contributed by atoms with E-state index in [0.717, 1.165) is 13.8 Å². The van der Waals surface area contributed by atoms with Gasteiger partial charge in [-0.15, -0.1) is 34.8 Å². The summed E-state index contributed by atoms with van der Waals surface area (Å²) >= 11 is 31.7. The Hall–Kier alpha value is -6.43. The van der Waals surface area contributed by atoms with Gasteiger partial charge in [-0.25, -0.2) is 0 Å². The van der Waals surface area contributed by atoms with Crippen molar-refractivity contribution in [2.45, 2.75) is 70.8 Å². The average Bonchev–Trinajstić information content (AvgIpc) is 3.31. The van der Waals surface area contributed by atoms with Gasteiger partial charge in [-0.05, 0) is 156 Å². The average molecular weight is 1070 g/mol. The SMILES string of the molecule is CCOc1ccc(NC(=O)c2ccc(Cl)c(N=NC(C(C)=O)C(=O)Nc3ccc(NC(=O)C(N=Nc4cc(C(=O)Nc5ccc(OCC)cc5C(C)Cl)ccc4Cl)C(C)=O)c(CCCl)c3)c2)c(C(C)Cl)c1. The van der Waals surface area contributed by atoms with Gasteiger partial charge in [-0.3, -0.25) is 28.8 Å². The fourth-order valence-electron chi connectivity index (χ4n) is 6.72. The summed E-state index contributed by atoms with van der Waals surface area (Å²) in [5.41, 5.74) is 3.44. The number of carbonyl (C=O) groups is 6. The molecule has 0 aliphatic rings. The van der Waals surface area contributed by atoms with Crippen LogP contribution in [0.4, 0.5) is 34.1 Å². The van der Waals surface area contributed by atoms with Crippen molar-refractivity contribution in [2.24, 2.45) is 20.5 Å². The molecule has 4 unspecified atom stereocenters. The Balaban J connectivity index is 1.28. The molecular formula is C50H49Cl5N8O8. The molecule has 71 heavy (non-hydrogen) atoms. The number of azo groups is 2. The number of nitrogens with one attached hydrogen (secondary N) is 4. The minimum Gasteiger partial charge on any atom is -0.494 e. The Bertz CT molecular complexity index is 2880. The van der Waals surface area contributed by atoms with Gasteiger partial charge in [-0.1, -0.05) is 23.2 Å². The van der Waals surface area contributed by atoms with E-state index < -0.39 is 58.0 Å². The number of Topliss-reactive ketones (excluding diaryl/α,β-unsaturated/α-hetero) is 2. The number of hydrogen-bond acceptors (Lipinski definition) is 12. The summed E-state index contributed by atoms with van der Waals surface area (Å²) in [7, 11) is 0. The highest BCUT2D eigenvalue weighted by Gasteiger charge is 2.27. The molecule has 0 aromatic heterocycles. The van der Waals surface area contributed by atoms with Crippen molar-refractivity contribution in [1.29, 1.82) is 0 Å². The highest BCUT2D eigenvalue weighted by Crippen LogP contribution is 2.35. The van der Waals surface area contributed by atoms with E-state index >= 15 is 0 Å². The van der Waals surface area contributed by atoms with Gasteiger partial charge in [0.2, 0.25) is 12.1 Å². The van der Waals surface area contributed by atoms with Crippen molar-refractivity contribution in [3.05, 3.63) is 129 Å². The number of benzene rings is 5. The standard InChI is InChI=1S/C50H49Cl5N8O8/c1-7-70-34-12-17-41(36(24-34)26(3)52)58-47(66)31-9-14-38(54)43(22-31)60-62-45(28(5)64)49(68)56-33-11-16-40(30(21-33)19-20-51)57-50(69)46(29(6)65)63-61-44-23-32(10-15-39(44)55)48(67)59-42-18-13-35(71-8-2)25-37(42)27(4)53/h9-18,21-27,45-46H,7-8,19-20H2,1-6H3,(H,56,68)(H,57,69)(H,58,66)(H,59,67). The molecule has 0 fully saturated rings. The van der Waals surface area contributed by atoms with Crippen LogP contribution < -0.4 is 30.7 Å². The maximum absolute atomic E-state index is 13.6. The second-order valence-electron chi connectivity index (χ2n) is 15.6. The lowest BCUT2D eigenvalue weighted by Crippen LogP contribution is -2.32. The highest BCUT2D eigenvalue weighted by atomic mass is 35.5. The largest absolute Gasteiger partial charge is 0.494 e. The summed E-state index contributed by atoms with van der Waals surface area (Å²) in [6, 6.07) is 19.9. The number of anilines is 4. The van der Waals surface area contributed by atoms with Crippen LogP contribution in [0, 0.1) is 0 Å². The number of ketones is 2. The Morgan fingerprint density at radius 3 is 1.41 bits per heavy atom. The van der Waals surface area contributed by atoms with E-state index in [1.165, 1.54) is 54.6 Å². The number of aryl methyl sites for hydroxylation is 1. The zero-order valence-electron chi connectivity index (χ0n) is 39.2. The Labute approximate surface area is 435 Å². The van der Waals surface area contributed by atoms with Crippen molar-refractivity contribution < 1.29 is 38.2 Å². The lowest BCUT2D eigenvalue weighted by atomic mass is 10.1. The van der Waals surface area contributed by atoms with Crippen molar-refractivity contribution in [2.75, 3.05) is 40.4 Å². The monoisotopic (exact) mass is 1060 g/mol. The molecule has 0 aliphatic carbocycles. The van der Waals surface area contributed by atoms with E-state index in [1.54, 1.807) is 50.2 Å². The molecule has 0 spiro atoms. The first-order valence-electron chi connectivity index (χ1n) is 22.0. The van der Waals surface area contributed by atoms with Gasteiger partial charge in [0.1, 0.15) is 22.9 Å². The number of amides is 4. The number of nitrogens with zero attached hydrogens (tertiary/aromatic N) is 4. The lowest BCUT2D eigenvalue weighted by Gasteiger charge is -2.16. The van der Waals surface area contributed by atoms with Crippen molar-refractivity contribution in [3.63, 3.8) is 0 Å². The summed E-state index contributed by atoms with van der Waals surface area (Å²) in [6.07, 6.45) is 0.197. The molecule has 0 aliphatic heterocycles. The predicted molar refractivity (Wildman–Crippen MR) is 279 cm³/mol. The van der Waals surface area contributed by atoms with E-state index in [9.17, 15) is 28.8 Å². The molecule has 5 aromatic rings. The molecule has 0 bridgehead atoms. The molecule has 4 N–H and O–H groups in total. The Kier molecular flexibility index (Phi) is 20.4. The summed E-state index contributed by atoms with van der Waals surface area (Å²) < 4.78 is 11.1. The molecule has 4 atom stereocenters. The van der Waals surface area contributed by atoms with E-state index in [4.69, 9.17) is 67.5 Å². The summed E-state index contributed by atoms with van der Waals surface area (Å²) in [6.45, 7) is 10.4. The van der Waals surface area contributed by atoms with Crippen molar-refractivity contribution >= 4 is 127 Å². The zero-order chi connectivity index (χ0) is 51.9. The van der Waals surface area contributed by atoms with Gasteiger partial charge in [0.05, 0.1) is 34.0 Å². The van der Waals surface area contributed by atoms with Crippen LogP contribution in [-0.4, -0.2) is 66.4 Å². The third kappa shape index (κ3) is 15.3. The maximum Gasteiger partial charge on any atom is 0.258 e. The van der Waals surface area contributed by atoms with E-state index in [1.807, 2.05) is 13.8 Å². The van der Waals surface area contributed by atoms with E-state index in [0.29, 0.717) is 52.8 Å². The van der Waals surface area contributed by atoms with Crippen molar-refractivity contribution in [3.8, 4) is 11.5 Å². The minimum atomic E-state index is -1.64. The number of alkyl halides is 3. The van der Waals surface area contributed by atoms with Crippen LogP contribution in [0.25, 0.3) is 0 Å². The number of hydrogen-bond donors (Lipinski definition) is 4. The van der Waals surface area contributed by atoms with Crippen LogP contribution in [0.15, 0.2) is 111 Å². The first-order valence-corrected chi connectivity index (χ1v) is 24.2. The quantitative estimate of drug-likeness (QED) is 0.0296. The zero-order valence-corrected chi connectivity index (χ0v) is 43.0. The van der Waals surface area contributed by atoms with Crippen LogP contribution >= 0.6 is 58.0 Å². The predicted octanol–water partition coefficient (Wildman–Crippen LogP) is 13.0.